The zero-order chi connectivity index (χ0) is 12.9. The Kier molecular flexibility index (Phi) is 3.93. The molecule has 0 aromatic carbocycles. The summed E-state index contributed by atoms with van der Waals surface area (Å²) < 4.78 is 5.33. The summed E-state index contributed by atoms with van der Waals surface area (Å²) in [6.45, 7) is 5.44. The average Bonchev–Trinajstić information content (AvgIpc) is 2.50. The van der Waals surface area contributed by atoms with Gasteiger partial charge in [0.2, 0.25) is 0 Å². The van der Waals surface area contributed by atoms with Crippen LogP contribution in [0.4, 0.5) is 5.82 Å². The normalized spacial score (nSPS) is 20.5. The maximum atomic E-state index is 5.33. The number of morpholine rings is 1. The molecule has 2 aliphatic heterocycles. The minimum absolute atomic E-state index is 0.799. The highest BCUT2D eigenvalue weighted by atomic mass is 16.5. The van der Waals surface area contributed by atoms with Crippen LogP contribution in [0.25, 0.3) is 0 Å². The Morgan fingerprint density at radius 2 is 1.95 bits per heavy atom. The van der Waals surface area contributed by atoms with Crippen LogP contribution in [0.5, 0.6) is 0 Å². The number of hydrogen-bond donors (Lipinski definition) is 0. The molecule has 0 spiro atoms. The molecule has 3 heterocycles. The number of pyridine rings is 1. The smallest absolute Gasteiger partial charge is 0.128 e. The van der Waals surface area contributed by atoms with Gasteiger partial charge in [-0.05, 0) is 12.1 Å². The molecule has 2 aliphatic rings. The SMILES string of the molecule is [c]1ccc(N2CCC(=NN3CCOCC3)CC2)nc1. The molecule has 2 fully saturated rings. The lowest BCUT2D eigenvalue weighted by Gasteiger charge is -2.30. The van der Waals surface area contributed by atoms with Gasteiger partial charge in [0.05, 0.1) is 26.3 Å². The lowest BCUT2D eigenvalue weighted by Crippen LogP contribution is -2.37. The largest absolute Gasteiger partial charge is 0.378 e. The number of ether oxygens (including phenoxy) is 1. The molecule has 0 aliphatic carbocycles. The van der Waals surface area contributed by atoms with E-state index in [1.54, 1.807) is 6.20 Å². The molecule has 0 unspecified atom stereocenters. The van der Waals surface area contributed by atoms with Crippen molar-refractivity contribution in [3.05, 3.63) is 24.4 Å². The van der Waals surface area contributed by atoms with Gasteiger partial charge in [-0.25, -0.2) is 4.98 Å². The Balaban J connectivity index is 1.55. The Bertz CT molecular complexity index is 418. The molecule has 3 rings (SSSR count). The topological polar surface area (TPSA) is 41.0 Å². The summed E-state index contributed by atoms with van der Waals surface area (Å²) in [6.07, 6.45) is 3.78. The van der Waals surface area contributed by atoms with Crippen molar-refractivity contribution < 1.29 is 4.74 Å². The van der Waals surface area contributed by atoms with Gasteiger partial charge in [-0.3, -0.25) is 5.01 Å². The molecule has 0 atom stereocenters. The lowest BCUT2D eigenvalue weighted by atomic mass is 10.1. The molecular formula is C14H19N4O. The van der Waals surface area contributed by atoms with Gasteiger partial charge >= 0.3 is 0 Å². The quantitative estimate of drug-likeness (QED) is 0.799. The zero-order valence-electron chi connectivity index (χ0n) is 11.1. The number of rotatable bonds is 2. The fourth-order valence-corrected chi connectivity index (χ4v) is 2.45. The van der Waals surface area contributed by atoms with Crippen molar-refractivity contribution in [2.45, 2.75) is 12.8 Å². The van der Waals surface area contributed by atoms with Crippen molar-refractivity contribution in [3.8, 4) is 0 Å². The van der Waals surface area contributed by atoms with E-state index in [4.69, 9.17) is 9.84 Å². The fourth-order valence-electron chi connectivity index (χ4n) is 2.45. The third kappa shape index (κ3) is 3.23. The molecule has 101 valence electrons. The first-order chi connectivity index (χ1) is 9.42. The Hall–Kier alpha value is -1.62. The molecule has 1 radical (unpaired) electrons. The van der Waals surface area contributed by atoms with Crippen molar-refractivity contribution in [1.29, 1.82) is 0 Å². The minimum atomic E-state index is 0.799. The van der Waals surface area contributed by atoms with Crippen molar-refractivity contribution in [2.24, 2.45) is 5.10 Å². The lowest BCUT2D eigenvalue weighted by molar-refractivity contribution is 0.0391. The van der Waals surface area contributed by atoms with Crippen molar-refractivity contribution in [2.75, 3.05) is 44.3 Å². The van der Waals surface area contributed by atoms with E-state index in [1.165, 1.54) is 5.71 Å². The van der Waals surface area contributed by atoms with Gasteiger partial charge in [-0.15, -0.1) is 0 Å². The second-order valence-corrected chi connectivity index (χ2v) is 4.84. The second kappa shape index (κ2) is 6.02. The summed E-state index contributed by atoms with van der Waals surface area (Å²) >= 11 is 0. The first-order valence-corrected chi connectivity index (χ1v) is 6.88. The van der Waals surface area contributed by atoms with Gasteiger partial charge in [0, 0.05) is 43.9 Å². The van der Waals surface area contributed by atoms with Crippen LogP contribution in [0, 0.1) is 6.07 Å². The Morgan fingerprint density at radius 1 is 1.16 bits per heavy atom. The second-order valence-electron chi connectivity index (χ2n) is 4.84. The monoisotopic (exact) mass is 259 g/mol. The van der Waals surface area contributed by atoms with Gasteiger partial charge in [-0.2, -0.15) is 5.10 Å². The predicted octanol–water partition coefficient (Wildman–Crippen LogP) is 1.17. The highest BCUT2D eigenvalue weighted by Gasteiger charge is 2.17. The van der Waals surface area contributed by atoms with Crippen LogP contribution < -0.4 is 4.90 Å². The number of aromatic nitrogens is 1. The standard InChI is InChI=1S/C14H19N4O/c1-2-6-15-14(3-1)17-7-4-13(5-8-17)16-18-9-11-19-12-10-18/h1,3,6H,4-5,7-12H2. The zero-order valence-corrected chi connectivity index (χ0v) is 11.1. The number of hydrazone groups is 1. The molecular weight excluding hydrogens is 240 g/mol. The van der Waals surface area contributed by atoms with Gasteiger partial charge in [0.25, 0.3) is 0 Å². The Morgan fingerprint density at radius 3 is 2.63 bits per heavy atom. The van der Waals surface area contributed by atoms with E-state index in [-0.39, 0.29) is 0 Å². The number of hydrogen-bond acceptors (Lipinski definition) is 5. The summed E-state index contributed by atoms with van der Waals surface area (Å²) in [6, 6.07) is 6.89. The Labute approximate surface area is 113 Å². The molecule has 1 aromatic rings. The molecule has 0 N–H and O–H groups in total. The molecule has 0 saturated carbocycles. The molecule has 0 bridgehead atoms. The molecule has 5 nitrogen and oxygen atoms in total. The van der Waals surface area contributed by atoms with E-state index in [0.29, 0.717) is 0 Å². The summed E-state index contributed by atoms with van der Waals surface area (Å²) in [4.78, 5) is 6.66. The van der Waals surface area contributed by atoms with Crippen LogP contribution in [0.2, 0.25) is 0 Å². The summed E-state index contributed by atoms with van der Waals surface area (Å²) in [7, 11) is 0. The van der Waals surface area contributed by atoms with Crippen LogP contribution in [0.3, 0.4) is 0 Å². The van der Waals surface area contributed by atoms with Crippen LogP contribution in [-0.2, 0) is 4.74 Å². The predicted molar refractivity (Wildman–Crippen MR) is 74.3 cm³/mol. The maximum Gasteiger partial charge on any atom is 0.128 e. The number of piperidine rings is 1. The van der Waals surface area contributed by atoms with Gasteiger partial charge in [0.1, 0.15) is 5.82 Å². The highest BCUT2D eigenvalue weighted by Crippen LogP contribution is 2.16. The molecule has 19 heavy (non-hydrogen) atoms. The first kappa shape index (κ1) is 12.4. The van der Waals surface area contributed by atoms with Crippen LogP contribution in [0.1, 0.15) is 12.8 Å². The highest BCUT2D eigenvalue weighted by molar-refractivity contribution is 5.86. The van der Waals surface area contributed by atoms with Crippen LogP contribution >= 0.6 is 0 Å². The minimum Gasteiger partial charge on any atom is -0.378 e. The maximum absolute atomic E-state index is 5.33. The summed E-state index contributed by atoms with van der Waals surface area (Å²) in [5.41, 5.74) is 1.31. The fraction of sp³-hybridized carbons (Fsp3) is 0.571. The molecule has 1 aromatic heterocycles. The first-order valence-electron chi connectivity index (χ1n) is 6.88. The van der Waals surface area contributed by atoms with Gasteiger partial charge < -0.3 is 9.64 Å². The van der Waals surface area contributed by atoms with Crippen molar-refractivity contribution in [1.82, 2.24) is 9.99 Å². The van der Waals surface area contributed by atoms with Crippen molar-refractivity contribution in [3.63, 3.8) is 0 Å². The van der Waals surface area contributed by atoms with E-state index in [0.717, 1.165) is 58.1 Å². The number of anilines is 1. The van der Waals surface area contributed by atoms with Gasteiger partial charge in [0.15, 0.2) is 0 Å². The molecule has 2 saturated heterocycles. The van der Waals surface area contributed by atoms with Crippen LogP contribution in [0.15, 0.2) is 23.4 Å². The van der Waals surface area contributed by atoms with E-state index < -0.39 is 0 Å². The third-order valence-electron chi connectivity index (χ3n) is 3.53. The van der Waals surface area contributed by atoms with E-state index in [9.17, 15) is 0 Å². The molecule has 5 heteroatoms. The number of nitrogens with zero attached hydrogens (tertiary/aromatic N) is 4. The summed E-state index contributed by atoms with van der Waals surface area (Å²) in [5, 5.41) is 6.88. The van der Waals surface area contributed by atoms with Crippen molar-refractivity contribution >= 4 is 11.5 Å². The van der Waals surface area contributed by atoms with E-state index in [2.05, 4.69) is 21.0 Å². The average molecular weight is 259 g/mol. The third-order valence-corrected chi connectivity index (χ3v) is 3.53. The van der Waals surface area contributed by atoms with E-state index in [1.807, 2.05) is 12.1 Å². The van der Waals surface area contributed by atoms with Gasteiger partial charge in [-0.1, -0.05) is 0 Å². The van der Waals surface area contributed by atoms with Crippen LogP contribution in [-0.4, -0.2) is 55.1 Å². The van der Waals surface area contributed by atoms with E-state index >= 15 is 0 Å². The molecule has 0 amide bonds. The summed E-state index contributed by atoms with van der Waals surface area (Å²) in [5.74, 6) is 1.05.